The highest BCUT2D eigenvalue weighted by atomic mass is 35.5. The zero-order valence-corrected chi connectivity index (χ0v) is 9.47. The highest BCUT2D eigenvalue weighted by Crippen LogP contribution is 2.40. The van der Waals surface area contributed by atoms with Crippen molar-refractivity contribution >= 4 is 24.0 Å². The normalized spacial score (nSPS) is 21.9. The lowest BCUT2D eigenvalue weighted by Crippen LogP contribution is -2.38. The second-order valence-electron chi connectivity index (χ2n) is 3.68. The van der Waals surface area contributed by atoms with Crippen LogP contribution in [0.25, 0.3) is 6.08 Å². The quantitative estimate of drug-likeness (QED) is 0.735. The number of carbonyl (C=O) groups excluding carboxylic acids is 1. The number of benzene rings is 1. The molecule has 2 rings (SSSR count). The predicted octanol–water partition coefficient (Wildman–Crippen LogP) is 3.55. The van der Waals surface area contributed by atoms with Gasteiger partial charge in [0.05, 0.1) is 5.02 Å². The van der Waals surface area contributed by atoms with Crippen molar-refractivity contribution in [3.63, 3.8) is 0 Å². The Morgan fingerprint density at radius 1 is 1.50 bits per heavy atom. The van der Waals surface area contributed by atoms with Gasteiger partial charge in [0.2, 0.25) is 6.10 Å². The minimum Gasteiger partial charge on any atom is -0.474 e. The number of fused-ring (bicyclic) bond motifs is 1. The van der Waals surface area contributed by atoms with Crippen molar-refractivity contribution in [2.75, 3.05) is 0 Å². The van der Waals surface area contributed by atoms with Crippen LogP contribution in [0.4, 0.5) is 13.2 Å². The molecule has 0 saturated carbocycles. The lowest BCUT2D eigenvalue weighted by atomic mass is 10.0. The Kier molecular flexibility index (Phi) is 2.26. The first-order chi connectivity index (χ1) is 9.54. The van der Waals surface area contributed by atoms with Crippen LogP contribution in [0.5, 0.6) is 5.75 Å². The van der Waals surface area contributed by atoms with E-state index in [1.54, 1.807) is 0 Å². The summed E-state index contributed by atoms with van der Waals surface area (Å²) in [6, 6.07) is 2.16. The molecule has 2 nitrogen and oxygen atoms in total. The molecule has 1 atom stereocenters. The number of carbonyl (C=O) groups is 1. The summed E-state index contributed by atoms with van der Waals surface area (Å²) in [4.78, 5) is 10.8. The molecule has 0 aromatic heterocycles. The van der Waals surface area contributed by atoms with E-state index in [-0.39, 0.29) is 28.2 Å². The first-order valence-corrected chi connectivity index (χ1v) is 5.16. The van der Waals surface area contributed by atoms with E-state index in [9.17, 15) is 18.0 Å². The van der Waals surface area contributed by atoms with Gasteiger partial charge in [0.1, 0.15) is 12.0 Å². The van der Waals surface area contributed by atoms with Gasteiger partial charge in [0, 0.05) is 15.2 Å². The molecule has 0 bridgehead atoms. The summed E-state index contributed by atoms with van der Waals surface area (Å²) in [5, 5.41) is -0.255. The summed E-state index contributed by atoms with van der Waals surface area (Å²) in [6.45, 7) is -2.48. The van der Waals surface area contributed by atoms with Crippen molar-refractivity contribution in [3.05, 3.63) is 33.9 Å². The average Bonchev–Trinajstić information content (AvgIpc) is 2.34. The van der Waals surface area contributed by atoms with E-state index < -0.39 is 24.7 Å². The first-order valence-electron chi connectivity index (χ1n) is 6.28. The van der Waals surface area contributed by atoms with E-state index in [1.807, 2.05) is 0 Å². The Labute approximate surface area is 110 Å². The van der Waals surface area contributed by atoms with E-state index >= 15 is 0 Å². The molecular weight excluding hydrogens is 269 g/mol. The molecule has 6 heteroatoms. The maximum atomic E-state index is 12.8. The minimum atomic E-state index is -4.78. The van der Waals surface area contributed by atoms with E-state index in [0.717, 1.165) is 18.2 Å². The van der Waals surface area contributed by atoms with Crippen molar-refractivity contribution in [2.45, 2.75) is 19.1 Å². The Morgan fingerprint density at radius 3 is 2.78 bits per heavy atom. The molecule has 0 fully saturated rings. The maximum Gasteiger partial charge on any atom is 0.429 e. The van der Waals surface area contributed by atoms with Crippen molar-refractivity contribution in [3.8, 4) is 5.75 Å². The van der Waals surface area contributed by atoms with Gasteiger partial charge in [-0.05, 0) is 30.6 Å². The Morgan fingerprint density at radius 2 is 2.22 bits per heavy atom. The molecule has 1 aromatic rings. The van der Waals surface area contributed by atoms with Gasteiger partial charge in [-0.25, -0.2) is 0 Å². The lowest BCUT2D eigenvalue weighted by molar-refractivity contribution is -0.184. The molecule has 1 aliphatic heterocycles. The van der Waals surface area contributed by atoms with E-state index in [1.165, 1.54) is 0 Å². The van der Waals surface area contributed by atoms with Crippen LogP contribution in [0, 0.1) is 6.85 Å². The maximum absolute atomic E-state index is 12.8. The molecular formula is C12H8ClF3O2. The second kappa shape index (κ2) is 4.31. The van der Waals surface area contributed by atoms with Crippen LogP contribution < -0.4 is 4.74 Å². The first kappa shape index (κ1) is 9.44. The molecule has 18 heavy (non-hydrogen) atoms. The molecule has 0 radical (unpaired) electrons. The van der Waals surface area contributed by atoms with Crippen LogP contribution in [0.15, 0.2) is 17.7 Å². The minimum absolute atomic E-state index is 0.0243. The van der Waals surface area contributed by atoms with Gasteiger partial charge in [0.15, 0.2) is 0 Å². The third-order valence-electron chi connectivity index (χ3n) is 2.37. The Hall–Kier alpha value is -1.49. The number of alkyl halides is 3. The van der Waals surface area contributed by atoms with Crippen molar-refractivity contribution in [2.24, 2.45) is 0 Å². The summed E-state index contributed by atoms with van der Waals surface area (Å²) in [5.74, 6) is -0.294. The van der Waals surface area contributed by atoms with Crippen LogP contribution in [0.2, 0.25) is 5.02 Å². The highest BCUT2D eigenvalue weighted by Gasteiger charge is 2.46. The molecule has 1 aromatic carbocycles. The molecule has 0 unspecified atom stereocenters. The number of halogens is 4. The van der Waals surface area contributed by atoms with Crippen LogP contribution in [-0.2, 0) is 4.79 Å². The van der Waals surface area contributed by atoms with Gasteiger partial charge in [0.25, 0.3) is 0 Å². The van der Waals surface area contributed by atoms with Gasteiger partial charge in [-0.3, -0.25) is 4.79 Å². The zero-order valence-electron chi connectivity index (χ0n) is 11.7. The smallest absolute Gasteiger partial charge is 0.429 e. The third kappa shape index (κ3) is 2.22. The molecule has 0 spiro atoms. The largest absolute Gasteiger partial charge is 0.474 e. The molecule has 0 N–H and O–H groups in total. The second-order valence-corrected chi connectivity index (χ2v) is 4.09. The fourth-order valence-electron chi connectivity index (χ4n) is 1.64. The number of aldehydes is 1. The number of ether oxygens (including phenoxy) is 1. The molecule has 1 heterocycles. The summed E-state index contributed by atoms with van der Waals surface area (Å²) in [5.41, 5.74) is -0.771. The van der Waals surface area contributed by atoms with Crippen molar-refractivity contribution < 1.29 is 26.8 Å². The summed E-state index contributed by atoms with van der Waals surface area (Å²) in [7, 11) is 0. The molecule has 0 saturated heterocycles. The molecule has 96 valence electrons. The van der Waals surface area contributed by atoms with E-state index in [4.69, 9.17) is 20.5 Å². The monoisotopic (exact) mass is 279 g/mol. The third-order valence-corrected chi connectivity index (χ3v) is 2.65. The fourth-order valence-corrected chi connectivity index (χ4v) is 1.91. The summed E-state index contributed by atoms with van der Waals surface area (Å²) >= 11 is 5.80. The van der Waals surface area contributed by atoms with Crippen molar-refractivity contribution in [1.29, 1.82) is 0 Å². The number of hydrogen-bond donors (Lipinski definition) is 0. The van der Waals surface area contributed by atoms with E-state index in [2.05, 4.69) is 0 Å². The SMILES string of the molecule is [2H]C([2H])([2H])c1cc(Cl)c2c(c1)C=C(C=O)[C@@H](C(F)(F)F)O2. The predicted molar refractivity (Wildman–Crippen MR) is 60.7 cm³/mol. The van der Waals surface area contributed by atoms with Gasteiger partial charge in [-0.15, -0.1) is 0 Å². The van der Waals surface area contributed by atoms with Crippen molar-refractivity contribution in [1.82, 2.24) is 0 Å². The Bertz CT molecular complexity index is 623. The topological polar surface area (TPSA) is 26.3 Å². The highest BCUT2D eigenvalue weighted by molar-refractivity contribution is 6.32. The van der Waals surface area contributed by atoms with Gasteiger partial charge < -0.3 is 4.74 Å². The zero-order chi connectivity index (χ0) is 16.0. The van der Waals surface area contributed by atoms with Gasteiger partial charge in [-0.1, -0.05) is 11.6 Å². The number of aryl methyl sites for hydroxylation is 1. The lowest BCUT2D eigenvalue weighted by Gasteiger charge is -2.27. The van der Waals surface area contributed by atoms with Crippen LogP contribution >= 0.6 is 11.6 Å². The van der Waals surface area contributed by atoms with Gasteiger partial charge >= 0.3 is 6.18 Å². The van der Waals surface area contributed by atoms with Gasteiger partial charge in [-0.2, -0.15) is 13.2 Å². The average molecular weight is 280 g/mol. The van der Waals surface area contributed by atoms with Crippen LogP contribution in [0.3, 0.4) is 0 Å². The standard InChI is InChI=1S/C12H8ClF3O2/c1-6-2-7-4-8(5-17)11(12(14,15)16)18-10(7)9(13)3-6/h2-5,11H,1H3/t11-/m0/s1/i1D3. The van der Waals surface area contributed by atoms with Crippen LogP contribution in [0.1, 0.15) is 15.2 Å². The van der Waals surface area contributed by atoms with E-state index in [0.29, 0.717) is 0 Å². The Balaban J connectivity index is 2.59. The summed E-state index contributed by atoms with van der Waals surface area (Å²) in [6.07, 6.45) is -6.24. The summed E-state index contributed by atoms with van der Waals surface area (Å²) < 4.78 is 65.1. The number of hydrogen-bond acceptors (Lipinski definition) is 2. The molecule has 0 amide bonds. The number of rotatable bonds is 1. The molecule has 1 aliphatic rings. The molecule has 0 aliphatic carbocycles. The van der Waals surface area contributed by atoms with Crippen LogP contribution in [-0.4, -0.2) is 18.6 Å². The fraction of sp³-hybridized carbons (Fsp3) is 0.250.